The molecule has 0 aromatic carbocycles. The lowest BCUT2D eigenvalue weighted by atomic mass is 9.99. The van der Waals surface area contributed by atoms with Crippen molar-refractivity contribution in [3.63, 3.8) is 0 Å². The fourth-order valence-electron chi connectivity index (χ4n) is 3.08. The number of hydrogen-bond acceptors (Lipinski definition) is 2. The zero-order valence-corrected chi connectivity index (χ0v) is 15.2. The zero-order chi connectivity index (χ0) is 16.0. The van der Waals surface area contributed by atoms with Gasteiger partial charge in [0, 0.05) is 20.1 Å². The first-order valence-corrected chi connectivity index (χ1v) is 9.47. The molecule has 1 aliphatic rings. The molecule has 1 rings (SSSR count). The molecule has 130 valence electrons. The van der Waals surface area contributed by atoms with Crippen LogP contribution in [0.15, 0.2) is 4.99 Å². The summed E-state index contributed by atoms with van der Waals surface area (Å²) < 4.78 is 0. The molecule has 0 bridgehead atoms. The number of guanidine groups is 1. The Morgan fingerprint density at radius 1 is 1.09 bits per heavy atom. The largest absolute Gasteiger partial charge is 0.356 e. The van der Waals surface area contributed by atoms with E-state index in [1.807, 2.05) is 7.05 Å². The molecule has 4 nitrogen and oxygen atoms in total. The molecule has 0 aromatic rings. The third-order valence-corrected chi connectivity index (χ3v) is 4.72. The Morgan fingerprint density at radius 3 is 2.50 bits per heavy atom. The summed E-state index contributed by atoms with van der Waals surface area (Å²) in [6.07, 6.45) is 10.5. The Morgan fingerprint density at radius 2 is 1.86 bits per heavy atom. The molecule has 1 unspecified atom stereocenters. The first-order chi connectivity index (χ1) is 10.8. The van der Waals surface area contributed by atoms with Gasteiger partial charge < -0.3 is 15.5 Å². The van der Waals surface area contributed by atoms with Gasteiger partial charge in [0.15, 0.2) is 5.96 Å². The second-order valence-electron chi connectivity index (χ2n) is 6.55. The third-order valence-electron chi connectivity index (χ3n) is 4.72. The normalized spacial score (nSPS) is 17.7. The van der Waals surface area contributed by atoms with Gasteiger partial charge >= 0.3 is 0 Å². The molecule has 0 spiro atoms. The fourth-order valence-corrected chi connectivity index (χ4v) is 3.08. The lowest BCUT2D eigenvalue weighted by Crippen LogP contribution is -2.40. The minimum absolute atomic E-state index is 0.772. The van der Waals surface area contributed by atoms with Crippen LogP contribution in [-0.4, -0.2) is 50.6 Å². The van der Waals surface area contributed by atoms with Crippen LogP contribution >= 0.6 is 0 Å². The van der Waals surface area contributed by atoms with Crippen molar-refractivity contribution in [1.82, 2.24) is 15.5 Å². The van der Waals surface area contributed by atoms with E-state index in [0.717, 1.165) is 25.0 Å². The maximum Gasteiger partial charge on any atom is 0.190 e. The van der Waals surface area contributed by atoms with Crippen LogP contribution in [-0.2, 0) is 0 Å². The van der Waals surface area contributed by atoms with Gasteiger partial charge in [-0.15, -0.1) is 0 Å². The molecule has 1 heterocycles. The van der Waals surface area contributed by atoms with Gasteiger partial charge in [-0.3, -0.25) is 4.99 Å². The SMILES string of the molecule is CCCCC(CC)CNC(=NC)NCCCCN1CCCC1. The molecule has 0 aromatic heterocycles. The van der Waals surface area contributed by atoms with Crippen molar-refractivity contribution in [2.45, 2.75) is 65.2 Å². The van der Waals surface area contributed by atoms with Gasteiger partial charge in [0.2, 0.25) is 0 Å². The minimum atomic E-state index is 0.772. The zero-order valence-electron chi connectivity index (χ0n) is 15.2. The molecule has 22 heavy (non-hydrogen) atoms. The van der Waals surface area contributed by atoms with Crippen LogP contribution in [0.2, 0.25) is 0 Å². The van der Waals surface area contributed by atoms with Crippen molar-refractivity contribution in [3.05, 3.63) is 0 Å². The minimum Gasteiger partial charge on any atom is -0.356 e. The van der Waals surface area contributed by atoms with Crippen molar-refractivity contribution in [2.24, 2.45) is 10.9 Å². The van der Waals surface area contributed by atoms with E-state index < -0.39 is 0 Å². The molecule has 1 aliphatic heterocycles. The van der Waals surface area contributed by atoms with Crippen LogP contribution in [0.4, 0.5) is 0 Å². The number of likely N-dealkylation sites (tertiary alicyclic amines) is 1. The molecule has 0 amide bonds. The van der Waals surface area contributed by atoms with E-state index in [1.54, 1.807) is 0 Å². The highest BCUT2D eigenvalue weighted by molar-refractivity contribution is 5.79. The summed E-state index contributed by atoms with van der Waals surface area (Å²) in [7, 11) is 1.87. The van der Waals surface area contributed by atoms with Crippen molar-refractivity contribution >= 4 is 5.96 Å². The number of nitrogens with one attached hydrogen (secondary N) is 2. The molecule has 0 radical (unpaired) electrons. The fraction of sp³-hybridized carbons (Fsp3) is 0.944. The van der Waals surface area contributed by atoms with Gasteiger partial charge in [0.25, 0.3) is 0 Å². The van der Waals surface area contributed by atoms with E-state index in [-0.39, 0.29) is 0 Å². The molecule has 1 fully saturated rings. The van der Waals surface area contributed by atoms with Crippen LogP contribution in [0.25, 0.3) is 0 Å². The van der Waals surface area contributed by atoms with E-state index in [1.165, 1.54) is 71.0 Å². The Balaban J connectivity index is 2.05. The Hall–Kier alpha value is -0.770. The quantitative estimate of drug-likeness (QED) is 0.350. The highest BCUT2D eigenvalue weighted by Gasteiger charge is 2.10. The molecule has 4 heteroatoms. The number of aliphatic imine (C=N–C) groups is 1. The smallest absolute Gasteiger partial charge is 0.190 e. The number of hydrogen-bond donors (Lipinski definition) is 2. The Labute approximate surface area is 138 Å². The van der Waals surface area contributed by atoms with Gasteiger partial charge in [-0.2, -0.15) is 0 Å². The predicted molar refractivity (Wildman–Crippen MR) is 97.6 cm³/mol. The Bertz CT molecular complexity index is 285. The maximum absolute atomic E-state index is 4.33. The van der Waals surface area contributed by atoms with Gasteiger partial charge in [0.1, 0.15) is 0 Å². The van der Waals surface area contributed by atoms with Gasteiger partial charge in [-0.05, 0) is 57.7 Å². The Kier molecular flexibility index (Phi) is 11.2. The summed E-state index contributed by atoms with van der Waals surface area (Å²) in [5.41, 5.74) is 0. The van der Waals surface area contributed by atoms with Gasteiger partial charge in [-0.1, -0.05) is 33.1 Å². The predicted octanol–water partition coefficient (Wildman–Crippen LogP) is 3.24. The topological polar surface area (TPSA) is 39.7 Å². The number of unbranched alkanes of at least 4 members (excludes halogenated alkanes) is 2. The molecule has 0 aliphatic carbocycles. The first-order valence-electron chi connectivity index (χ1n) is 9.47. The van der Waals surface area contributed by atoms with Gasteiger partial charge in [0.05, 0.1) is 0 Å². The van der Waals surface area contributed by atoms with Crippen molar-refractivity contribution in [3.8, 4) is 0 Å². The van der Waals surface area contributed by atoms with Crippen LogP contribution < -0.4 is 10.6 Å². The van der Waals surface area contributed by atoms with E-state index in [0.29, 0.717) is 0 Å². The number of nitrogens with zero attached hydrogens (tertiary/aromatic N) is 2. The summed E-state index contributed by atoms with van der Waals surface area (Å²) >= 11 is 0. The number of rotatable bonds is 11. The monoisotopic (exact) mass is 310 g/mol. The molecule has 0 saturated carbocycles. The second-order valence-corrected chi connectivity index (χ2v) is 6.55. The van der Waals surface area contributed by atoms with E-state index in [9.17, 15) is 0 Å². The molecule has 1 atom stereocenters. The van der Waals surface area contributed by atoms with Crippen LogP contribution in [0.3, 0.4) is 0 Å². The van der Waals surface area contributed by atoms with E-state index in [2.05, 4.69) is 34.4 Å². The maximum atomic E-state index is 4.33. The highest BCUT2D eigenvalue weighted by Crippen LogP contribution is 2.11. The van der Waals surface area contributed by atoms with Crippen molar-refractivity contribution < 1.29 is 0 Å². The summed E-state index contributed by atoms with van der Waals surface area (Å²) in [5.74, 6) is 1.74. The summed E-state index contributed by atoms with van der Waals surface area (Å²) in [6, 6.07) is 0. The summed E-state index contributed by atoms with van der Waals surface area (Å²) in [4.78, 5) is 6.92. The second kappa shape index (κ2) is 12.7. The standard InChI is InChI=1S/C18H38N4/c1-4-6-11-17(5-2)16-21-18(19-3)20-12-7-8-13-22-14-9-10-15-22/h17H,4-16H2,1-3H3,(H2,19,20,21). The average molecular weight is 311 g/mol. The van der Waals surface area contributed by atoms with E-state index in [4.69, 9.17) is 0 Å². The first kappa shape index (κ1) is 19.3. The summed E-state index contributed by atoms with van der Waals surface area (Å²) in [6.45, 7) is 10.5. The van der Waals surface area contributed by atoms with Gasteiger partial charge in [-0.25, -0.2) is 0 Å². The van der Waals surface area contributed by atoms with Crippen molar-refractivity contribution in [2.75, 3.05) is 39.8 Å². The molecule has 2 N–H and O–H groups in total. The van der Waals surface area contributed by atoms with Crippen LogP contribution in [0.1, 0.15) is 65.2 Å². The lowest BCUT2D eigenvalue weighted by molar-refractivity contribution is 0.330. The van der Waals surface area contributed by atoms with E-state index >= 15 is 0 Å². The average Bonchev–Trinajstić information content (AvgIpc) is 3.06. The lowest BCUT2D eigenvalue weighted by Gasteiger charge is -2.18. The summed E-state index contributed by atoms with van der Waals surface area (Å²) in [5, 5.41) is 6.94. The molecule has 1 saturated heterocycles. The highest BCUT2D eigenvalue weighted by atomic mass is 15.2. The van der Waals surface area contributed by atoms with Crippen molar-refractivity contribution in [1.29, 1.82) is 0 Å². The molecular formula is C18H38N4. The molecular weight excluding hydrogens is 272 g/mol. The third kappa shape index (κ3) is 8.62. The van der Waals surface area contributed by atoms with Crippen LogP contribution in [0.5, 0.6) is 0 Å². The van der Waals surface area contributed by atoms with Crippen LogP contribution in [0, 0.1) is 5.92 Å².